The molecule has 8 nitrogen and oxygen atoms in total. The second-order valence-electron chi connectivity index (χ2n) is 7.29. The molecule has 9 heteroatoms. The Kier molecular flexibility index (Phi) is 4.57. The first-order valence-electron chi connectivity index (χ1n) is 9.62. The van der Waals surface area contributed by atoms with Crippen LogP contribution in [0.15, 0.2) is 78.2 Å². The molecule has 2 aromatic carbocycles. The normalized spacial score (nSPS) is 11.5. The topological polar surface area (TPSA) is 117 Å². The number of nitrogens with zero attached hydrogens (tertiary/aromatic N) is 5. The lowest BCUT2D eigenvalue weighted by molar-refractivity contribution is 0.602. The molecule has 0 saturated heterocycles. The van der Waals surface area contributed by atoms with Crippen LogP contribution >= 0.6 is 0 Å². The summed E-state index contributed by atoms with van der Waals surface area (Å²) < 4.78 is 25.4. The summed E-state index contributed by atoms with van der Waals surface area (Å²) in [4.78, 5) is 9.08. The fourth-order valence-electron chi connectivity index (χ4n) is 3.55. The SMILES string of the molecule is CS(=O)(=O)c1ccc(-c2[nH]ncc2-c2ccc3ncn(-c4ccc(C#N)cn4)c3c2)cc1. The molecule has 0 amide bonds. The molecule has 0 unspecified atom stereocenters. The Balaban J connectivity index is 1.58. The average molecular weight is 440 g/mol. The van der Waals surface area contributed by atoms with E-state index in [4.69, 9.17) is 5.26 Å². The number of nitriles is 1. The summed E-state index contributed by atoms with van der Waals surface area (Å²) in [6.07, 6.45) is 6.15. The number of nitrogens with one attached hydrogen (secondary N) is 1. The van der Waals surface area contributed by atoms with Crippen molar-refractivity contribution in [2.45, 2.75) is 4.90 Å². The first-order chi connectivity index (χ1) is 15.4. The van der Waals surface area contributed by atoms with Crippen LogP contribution < -0.4 is 0 Å². The van der Waals surface area contributed by atoms with Crippen molar-refractivity contribution in [3.8, 4) is 34.3 Å². The first-order valence-corrected chi connectivity index (χ1v) is 11.5. The van der Waals surface area contributed by atoms with Crippen LogP contribution in [0.1, 0.15) is 5.56 Å². The quantitative estimate of drug-likeness (QED) is 0.455. The van der Waals surface area contributed by atoms with Crippen LogP contribution in [0.25, 0.3) is 39.2 Å². The third kappa shape index (κ3) is 3.42. The van der Waals surface area contributed by atoms with Gasteiger partial charge in [-0.3, -0.25) is 9.67 Å². The van der Waals surface area contributed by atoms with Crippen molar-refractivity contribution in [1.29, 1.82) is 5.26 Å². The van der Waals surface area contributed by atoms with E-state index in [1.165, 1.54) is 12.5 Å². The fourth-order valence-corrected chi connectivity index (χ4v) is 4.18. The van der Waals surface area contributed by atoms with Crippen molar-refractivity contribution in [3.05, 3.63) is 78.9 Å². The van der Waals surface area contributed by atoms with Crippen LogP contribution in [0, 0.1) is 11.3 Å². The van der Waals surface area contributed by atoms with Crippen LogP contribution in [-0.2, 0) is 9.84 Å². The molecule has 5 rings (SSSR count). The van der Waals surface area contributed by atoms with E-state index in [-0.39, 0.29) is 4.90 Å². The van der Waals surface area contributed by atoms with Gasteiger partial charge in [0.25, 0.3) is 0 Å². The number of fused-ring (bicyclic) bond motifs is 1. The Labute approximate surface area is 183 Å². The summed E-state index contributed by atoms with van der Waals surface area (Å²) in [5.74, 6) is 0.660. The van der Waals surface area contributed by atoms with Gasteiger partial charge in [0.15, 0.2) is 9.84 Å². The maximum absolute atomic E-state index is 11.8. The Morgan fingerprint density at radius 1 is 0.969 bits per heavy atom. The Morgan fingerprint density at radius 3 is 2.44 bits per heavy atom. The zero-order valence-electron chi connectivity index (χ0n) is 16.9. The number of sulfone groups is 1. The minimum atomic E-state index is -3.26. The highest BCUT2D eigenvalue weighted by atomic mass is 32.2. The molecule has 0 spiro atoms. The van der Waals surface area contributed by atoms with Crippen molar-refractivity contribution in [2.24, 2.45) is 0 Å². The predicted molar refractivity (Wildman–Crippen MR) is 120 cm³/mol. The molecule has 0 aliphatic carbocycles. The van der Waals surface area contributed by atoms with Gasteiger partial charge >= 0.3 is 0 Å². The number of rotatable bonds is 4. The number of H-pyrrole nitrogens is 1. The van der Waals surface area contributed by atoms with Crippen LogP contribution in [0.4, 0.5) is 0 Å². The lowest BCUT2D eigenvalue weighted by Crippen LogP contribution is -1.96. The zero-order chi connectivity index (χ0) is 22.3. The smallest absolute Gasteiger partial charge is 0.175 e. The van der Waals surface area contributed by atoms with Gasteiger partial charge in [0.1, 0.15) is 18.2 Å². The zero-order valence-corrected chi connectivity index (χ0v) is 17.7. The summed E-state index contributed by atoms with van der Waals surface area (Å²) in [6.45, 7) is 0. The molecule has 1 N–H and O–H groups in total. The van der Waals surface area contributed by atoms with E-state index < -0.39 is 9.84 Å². The summed E-state index contributed by atoms with van der Waals surface area (Å²) in [5.41, 5.74) is 5.56. The molecule has 156 valence electrons. The number of pyridine rings is 1. The van der Waals surface area contributed by atoms with E-state index in [2.05, 4.69) is 26.2 Å². The van der Waals surface area contributed by atoms with Gasteiger partial charge in [-0.1, -0.05) is 18.2 Å². The predicted octanol–water partition coefficient (Wildman–Crippen LogP) is 3.75. The van der Waals surface area contributed by atoms with Crippen LogP contribution in [0.3, 0.4) is 0 Å². The number of imidazole rings is 1. The molecule has 3 aromatic heterocycles. The van der Waals surface area contributed by atoms with Gasteiger partial charge < -0.3 is 0 Å². The minimum Gasteiger partial charge on any atom is -0.283 e. The van der Waals surface area contributed by atoms with Gasteiger partial charge in [-0.15, -0.1) is 0 Å². The number of aromatic amines is 1. The van der Waals surface area contributed by atoms with E-state index in [1.54, 1.807) is 48.9 Å². The third-order valence-corrected chi connectivity index (χ3v) is 6.32. The molecule has 32 heavy (non-hydrogen) atoms. The summed E-state index contributed by atoms with van der Waals surface area (Å²) in [6, 6.07) is 18.1. The summed E-state index contributed by atoms with van der Waals surface area (Å²) >= 11 is 0. The van der Waals surface area contributed by atoms with Crippen molar-refractivity contribution < 1.29 is 8.42 Å². The highest BCUT2D eigenvalue weighted by Crippen LogP contribution is 2.32. The molecule has 5 aromatic rings. The maximum Gasteiger partial charge on any atom is 0.175 e. The van der Waals surface area contributed by atoms with Gasteiger partial charge in [0.05, 0.1) is 33.4 Å². The van der Waals surface area contributed by atoms with Gasteiger partial charge in [-0.05, 0) is 42.0 Å². The molecule has 0 fully saturated rings. The second-order valence-corrected chi connectivity index (χ2v) is 9.31. The molecular weight excluding hydrogens is 424 g/mol. The van der Waals surface area contributed by atoms with E-state index >= 15 is 0 Å². The lowest BCUT2D eigenvalue weighted by atomic mass is 10.0. The van der Waals surface area contributed by atoms with E-state index in [9.17, 15) is 8.42 Å². The second kappa shape index (κ2) is 7.44. The van der Waals surface area contributed by atoms with Crippen molar-refractivity contribution in [2.75, 3.05) is 6.26 Å². The average Bonchev–Trinajstić information content (AvgIpc) is 3.45. The van der Waals surface area contributed by atoms with Crippen LogP contribution in [-0.4, -0.2) is 39.4 Å². The van der Waals surface area contributed by atoms with Crippen LogP contribution in [0.5, 0.6) is 0 Å². The highest BCUT2D eigenvalue weighted by molar-refractivity contribution is 7.90. The van der Waals surface area contributed by atoms with Crippen molar-refractivity contribution in [1.82, 2.24) is 24.7 Å². The van der Waals surface area contributed by atoms with E-state index in [0.717, 1.165) is 33.4 Å². The fraction of sp³-hybridized carbons (Fsp3) is 0.0435. The number of hydrogen-bond acceptors (Lipinski definition) is 6. The monoisotopic (exact) mass is 440 g/mol. The van der Waals surface area contributed by atoms with E-state index in [1.807, 2.05) is 22.8 Å². The van der Waals surface area contributed by atoms with Crippen molar-refractivity contribution in [3.63, 3.8) is 0 Å². The summed E-state index contributed by atoms with van der Waals surface area (Å²) in [5, 5.41) is 16.2. The first kappa shape index (κ1) is 19.7. The van der Waals surface area contributed by atoms with Gasteiger partial charge in [-0.25, -0.2) is 18.4 Å². The molecule has 0 aliphatic heterocycles. The molecule has 3 heterocycles. The van der Waals surface area contributed by atoms with Gasteiger partial charge in [0.2, 0.25) is 0 Å². The maximum atomic E-state index is 11.8. The standard InChI is InChI=1S/C23H16N6O2S/c1-32(30,31)18-6-3-16(4-7-18)23-19(13-27-28-23)17-5-8-20-21(10-17)29(14-26-20)22-9-2-15(11-24)12-25-22/h2-10,12-14H,1H3,(H,27,28). The molecule has 0 radical (unpaired) electrons. The number of hydrogen-bond donors (Lipinski definition) is 1. The third-order valence-electron chi connectivity index (χ3n) is 5.19. The minimum absolute atomic E-state index is 0.266. The molecule has 0 bridgehead atoms. The Hall–Kier alpha value is -4.29. The van der Waals surface area contributed by atoms with Gasteiger partial charge in [0, 0.05) is 23.6 Å². The largest absolute Gasteiger partial charge is 0.283 e. The van der Waals surface area contributed by atoms with Crippen molar-refractivity contribution >= 4 is 20.9 Å². The summed E-state index contributed by atoms with van der Waals surface area (Å²) in [7, 11) is -3.26. The number of benzene rings is 2. The lowest BCUT2D eigenvalue weighted by Gasteiger charge is -2.07. The molecule has 0 saturated carbocycles. The Morgan fingerprint density at radius 2 is 1.75 bits per heavy atom. The van der Waals surface area contributed by atoms with Gasteiger partial charge in [-0.2, -0.15) is 10.4 Å². The highest BCUT2D eigenvalue weighted by Gasteiger charge is 2.14. The molecular formula is C23H16N6O2S. The molecule has 0 aliphatic rings. The Bertz CT molecular complexity index is 1590. The van der Waals surface area contributed by atoms with Crippen LogP contribution in [0.2, 0.25) is 0 Å². The molecule has 0 atom stereocenters. The van der Waals surface area contributed by atoms with E-state index in [0.29, 0.717) is 11.4 Å². The number of aromatic nitrogens is 5.